The van der Waals surface area contributed by atoms with Crippen LogP contribution in [0.5, 0.6) is 5.75 Å². The number of carbonyl (C=O) groups excluding carboxylic acids is 1. The van der Waals surface area contributed by atoms with E-state index in [9.17, 15) is 4.79 Å². The second-order valence-electron chi connectivity index (χ2n) is 6.08. The maximum atomic E-state index is 12.3. The molecule has 1 atom stereocenters. The van der Waals surface area contributed by atoms with Crippen LogP contribution in [0.15, 0.2) is 48.8 Å². The smallest absolute Gasteiger partial charge is 0.251 e. The molecule has 1 aromatic heterocycles. The van der Waals surface area contributed by atoms with E-state index in [0.29, 0.717) is 30.4 Å². The first-order chi connectivity index (χ1) is 11.8. The van der Waals surface area contributed by atoms with Crippen molar-refractivity contribution in [3.63, 3.8) is 0 Å². The summed E-state index contributed by atoms with van der Waals surface area (Å²) in [6.07, 6.45) is 5.73. The lowest BCUT2D eigenvalue weighted by molar-refractivity contribution is 0.0951. The van der Waals surface area contributed by atoms with E-state index < -0.39 is 0 Å². The van der Waals surface area contributed by atoms with Crippen molar-refractivity contribution in [1.29, 1.82) is 0 Å². The zero-order valence-electron chi connectivity index (χ0n) is 13.7. The summed E-state index contributed by atoms with van der Waals surface area (Å²) in [4.78, 5) is 16.3. The fourth-order valence-corrected chi connectivity index (χ4v) is 2.83. The third-order valence-electron chi connectivity index (χ3n) is 4.23. The first-order valence-corrected chi connectivity index (χ1v) is 8.42. The number of aromatic nitrogens is 1. The highest BCUT2D eigenvalue weighted by Crippen LogP contribution is 2.15. The van der Waals surface area contributed by atoms with Gasteiger partial charge in [0, 0.05) is 30.1 Å². The van der Waals surface area contributed by atoms with Crippen LogP contribution in [0.3, 0.4) is 0 Å². The Balaban J connectivity index is 1.49. The van der Waals surface area contributed by atoms with E-state index in [0.717, 1.165) is 25.1 Å². The average Bonchev–Trinajstić information content (AvgIpc) is 3.14. The Morgan fingerprint density at radius 1 is 1.33 bits per heavy atom. The van der Waals surface area contributed by atoms with Crippen molar-refractivity contribution in [3.8, 4) is 5.75 Å². The van der Waals surface area contributed by atoms with E-state index in [1.165, 1.54) is 6.42 Å². The predicted molar refractivity (Wildman–Crippen MR) is 92.9 cm³/mol. The number of rotatable bonds is 7. The molecule has 126 valence electrons. The lowest BCUT2D eigenvalue weighted by Crippen LogP contribution is -2.26. The SMILES string of the molecule is O=C(NCCC1CCNC1)c1cccc(OCc2cccnc2)c1. The number of ether oxygens (including phenoxy) is 1. The molecule has 3 rings (SSSR count). The molecule has 0 saturated carbocycles. The minimum absolute atomic E-state index is 0.0483. The molecule has 5 heteroatoms. The number of amides is 1. The molecular formula is C19H23N3O2. The number of pyridine rings is 1. The largest absolute Gasteiger partial charge is 0.489 e. The zero-order valence-corrected chi connectivity index (χ0v) is 13.7. The minimum atomic E-state index is -0.0483. The molecule has 5 nitrogen and oxygen atoms in total. The van der Waals surface area contributed by atoms with Crippen molar-refractivity contribution in [2.75, 3.05) is 19.6 Å². The van der Waals surface area contributed by atoms with Gasteiger partial charge in [0.1, 0.15) is 12.4 Å². The second-order valence-corrected chi connectivity index (χ2v) is 6.08. The summed E-state index contributed by atoms with van der Waals surface area (Å²) < 4.78 is 5.74. The summed E-state index contributed by atoms with van der Waals surface area (Å²) >= 11 is 0. The van der Waals surface area contributed by atoms with E-state index in [1.54, 1.807) is 18.5 Å². The van der Waals surface area contributed by atoms with Gasteiger partial charge in [0.2, 0.25) is 0 Å². The van der Waals surface area contributed by atoms with E-state index in [4.69, 9.17) is 4.74 Å². The third kappa shape index (κ3) is 4.80. The van der Waals surface area contributed by atoms with Gasteiger partial charge in [-0.1, -0.05) is 12.1 Å². The highest BCUT2D eigenvalue weighted by Gasteiger charge is 2.14. The highest BCUT2D eigenvalue weighted by atomic mass is 16.5. The monoisotopic (exact) mass is 325 g/mol. The van der Waals surface area contributed by atoms with E-state index in [1.807, 2.05) is 30.3 Å². The van der Waals surface area contributed by atoms with Gasteiger partial charge < -0.3 is 15.4 Å². The molecule has 0 bridgehead atoms. The Morgan fingerprint density at radius 2 is 2.29 bits per heavy atom. The molecule has 1 amide bonds. The van der Waals surface area contributed by atoms with Crippen molar-refractivity contribution < 1.29 is 9.53 Å². The molecule has 1 aromatic carbocycles. The van der Waals surface area contributed by atoms with Crippen LogP contribution in [0.4, 0.5) is 0 Å². The molecule has 2 heterocycles. The maximum Gasteiger partial charge on any atom is 0.251 e. The Morgan fingerprint density at radius 3 is 3.08 bits per heavy atom. The summed E-state index contributed by atoms with van der Waals surface area (Å²) in [6.45, 7) is 3.31. The fourth-order valence-electron chi connectivity index (χ4n) is 2.83. The van der Waals surface area contributed by atoms with Crippen LogP contribution in [0.1, 0.15) is 28.8 Å². The van der Waals surface area contributed by atoms with Crippen LogP contribution in [-0.2, 0) is 6.61 Å². The number of nitrogens with zero attached hydrogens (tertiary/aromatic N) is 1. The molecule has 0 aliphatic carbocycles. The standard InChI is InChI=1S/C19H23N3O2/c23-19(22-10-7-15-6-9-21-12-15)17-4-1-5-18(11-17)24-14-16-3-2-8-20-13-16/h1-5,8,11,13,15,21H,6-7,9-10,12,14H2,(H,22,23). The lowest BCUT2D eigenvalue weighted by Gasteiger charge is -2.10. The average molecular weight is 325 g/mol. The quantitative estimate of drug-likeness (QED) is 0.820. The molecule has 1 saturated heterocycles. The molecule has 1 aliphatic heterocycles. The number of carbonyl (C=O) groups is 1. The van der Waals surface area contributed by atoms with Crippen LogP contribution in [0.25, 0.3) is 0 Å². The Labute approximate surface area is 142 Å². The van der Waals surface area contributed by atoms with E-state index >= 15 is 0 Å². The van der Waals surface area contributed by atoms with Gasteiger partial charge in [0.25, 0.3) is 5.91 Å². The number of benzene rings is 1. The number of hydrogen-bond acceptors (Lipinski definition) is 4. The van der Waals surface area contributed by atoms with Crippen molar-refractivity contribution in [3.05, 3.63) is 59.9 Å². The van der Waals surface area contributed by atoms with Crippen LogP contribution >= 0.6 is 0 Å². The summed E-state index contributed by atoms with van der Waals surface area (Å²) in [7, 11) is 0. The zero-order chi connectivity index (χ0) is 16.6. The van der Waals surface area contributed by atoms with Gasteiger partial charge in [0.15, 0.2) is 0 Å². The molecule has 1 aliphatic rings. The van der Waals surface area contributed by atoms with E-state index in [-0.39, 0.29) is 5.91 Å². The number of nitrogens with one attached hydrogen (secondary N) is 2. The fraction of sp³-hybridized carbons (Fsp3) is 0.368. The summed E-state index contributed by atoms with van der Waals surface area (Å²) in [5, 5.41) is 6.34. The first kappa shape index (κ1) is 16.5. The molecule has 2 aromatic rings. The number of hydrogen-bond donors (Lipinski definition) is 2. The van der Waals surface area contributed by atoms with Gasteiger partial charge >= 0.3 is 0 Å². The van der Waals surface area contributed by atoms with Crippen molar-refractivity contribution >= 4 is 5.91 Å². The molecule has 2 N–H and O–H groups in total. The Hall–Kier alpha value is -2.40. The topological polar surface area (TPSA) is 63.2 Å². The van der Waals surface area contributed by atoms with Crippen molar-refractivity contribution in [1.82, 2.24) is 15.6 Å². The predicted octanol–water partition coefficient (Wildman–Crippen LogP) is 2.39. The summed E-state index contributed by atoms with van der Waals surface area (Å²) in [5.74, 6) is 1.32. The molecule has 0 radical (unpaired) electrons. The molecular weight excluding hydrogens is 302 g/mol. The van der Waals surface area contributed by atoms with Crippen molar-refractivity contribution in [2.24, 2.45) is 5.92 Å². The minimum Gasteiger partial charge on any atom is -0.489 e. The Kier molecular flexibility index (Phi) is 5.80. The van der Waals surface area contributed by atoms with Crippen LogP contribution < -0.4 is 15.4 Å². The summed E-state index contributed by atoms with van der Waals surface area (Å²) in [5.41, 5.74) is 1.63. The van der Waals surface area contributed by atoms with Crippen LogP contribution in [0.2, 0.25) is 0 Å². The van der Waals surface area contributed by atoms with Gasteiger partial charge in [0.05, 0.1) is 0 Å². The van der Waals surface area contributed by atoms with Gasteiger partial charge in [-0.2, -0.15) is 0 Å². The molecule has 1 unspecified atom stereocenters. The molecule has 1 fully saturated rings. The van der Waals surface area contributed by atoms with Crippen LogP contribution in [-0.4, -0.2) is 30.5 Å². The van der Waals surface area contributed by atoms with Gasteiger partial charge in [-0.05, 0) is 56.1 Å². The Bertz CT molecular complexity index is 655. The maximum absolute atomic E-state index is 12.3. The van der Waals surface area contributed by atoms with Gasteiger partial charge in [-0.3, -0.25) is 9.78 Å². The van der Waals surface area contributed by atoms with E-state index in [2.05, 4.69) is 15.6 Å². The van der Waals surface area contributed by atoms with Gasteiger partial charge in [-0.25, -0.2) is 0 Å². The second kappa shape index (κ2) is 8.45. The van der Waals surface area contributed by atoms with Crippen LogP contribution in [0, 0.1) is 5.92 Å². The first-order valence-electron chi connectivity index (χ1n) is 8.42. The lowest BCUT2D eigenvalue weighted by atomic mass is 10.1. The normalized spacial score (nSPS) is 16.8. The highest BCUT2D eigenvalue weighted by molar-refractivity contribution is 5.94. The van der Waals surface area contributed by atoms with Crippen molar-refractivity contribution in [2.45, 2.75) is 19.4 Å². The molecule has 0 spiro atoms. The molecule has 24 heavy (non-hydrogen) atoms. The third-order valence-corrected chi connectivity index (χ3v) is 4.23. The summed E-state index contributed by atoms with van der Waals surface area (Å²) in [6, 6.07) is 11.1. The van der Waals surface area contributed by atoms with Gasteiger partial charge in [-0.15, -0.1) is 0 Å².